The summed E-state index contributed by atoms with van der Waals surface area (Å²) in [4.78, 5) is 26.1. The number of amides is 2. The second kappa shape index (κ2) is 6.61. The number of alkyl halides is 5. The van der Waals surface area contributed by atoms with Gasteiger partial charge in [-0.15, -0.1) is 0 Å². The maximum Gasteiger partial charge on any atom is 0.416 e. The van der Waals surface area contributed by atoms with Crippen LogP contribution in [0.5, 0.6) is 0 Å². The molecule has 0 aliphatic carbocycles. The molecule has 9 heteroatoms. The number of carbonyl (C=O) groups excluding carboxylic acids is 2. The first kappa shape index (κ1) is 19.3. The third-order valence-electron chi connectivity index (χ3n) is 4.61. The van der Waals surface area contributed by atoms with Crippen molar-refractivity contribution in [2.24, 2.45) is 0 Å². The largest absolute Gasteiger partial charge is 0.416 e. The normalized spacial score (nSPS) is 22.4. The summed E-state index contributed by atoms with van der Waals surface area (Å²) in [5.41, 5.74) is 0.0725. The second-order valence-corrected chi connectivity index (χ2v) is 6.94. The van der Waals surface area contributed by atoms with Crippen molar-refractivity contribution in [3.8, 4) is 0 Å². The minimum atomic E-state index is -4.48. The van der Waals surface area contributed by atoms with Gasteiger partial charge in [-0.1, -0.05) is 11.6 Å². The first-order chi connectivity index (χ1) is 12.4. The zero-order chi connectivity index (χ0) is 20.0. The van der Waals surface area contributed by atoms with Crippen molar-refractivity contribution in [1.29, 1.82) is 0 Å². The van der Waals surface area contributed by atoms with Gasteiger partial charge in [-0.05, 0) is 24.6 Å². The number of carbonyl (C=O) groups is 2. The van der Waals surface area contributed by atoms with E-state index in [1.807, 2.05) is 0 Å². The van der Waals surface area contributed by atoms with E-state index < -0.39 is 42.6 Å². The van der Waals surface area contributed by atoms with E-state index in [0.717, 1.165) is 23.1 Å². The lowest BCUT2D eigenvalue weighted by Gasteiger charge is -2.38. The molecule has 27 heavy (non-hydrogen) atoms. The maximum atomic E-state index is 13.0. The Kier molecular flexibility index (Phi) is 4.73. The summed E-state index contributed by atoms with van der Waals surface area (Å²) in [5.74, 6) is -4.29. The van der Waals surface area contributed by atoms with Gasteiger partial charge in [0.05, 0.1) is 18.7 Å². The first-order valence-corrected chi connectivity index (χ1v) is 8.28. The van der Waals surface area contributed by atoms with Crippen molar-refractivity contribution in [3.63, 3.8) is 0 Å². The number of hydrogen-bond donors (Lipinski definition) is 0. The highest BCUT2D eigenvalue weighted by Crippen LogP contribution is 2.35. The average Bonchev–Trinajstić information content (AvgIpc) is 2.90. The van der Waals surface area contributed by atoms with Gasteiger partial charge < -0.3 is 9.80 Å². The van der Waals surface area contributed by atoms with E-state index in [4.69, 9.17) is 0 Å². The summed E-state index contributed by atoms with van der Waals surface area (Å²) in [6.45, 7) is 0.362. The number of rotatable bonds is 3. The molecule has 2 amide bonds. The Balaban J connectivity index is 1.68. The number of likely N-dealkylation sites (tertiary alicyclic amines) is 2. The number of hydrogen-bond acceptors (Lipinski definition) is 2. The van der Waals surface area contributed by atoms with Crippen LogP contribution in [0.1, 0.15) is 29.0 Å². The number of aryl methyl sites for hydroxylation is 1. The second-order valence-electron chi connectivity index (χ2n) is 6.94. The Morgan fingerprint density at radius 2 is 1.89 bits per heavy atom. The van der Waals surface area contributed by atoms with E-state index in [0.29, 0.717) is 11.1 Å². The summed E-state index contributed by atoms with van der Waals surface area (Å²) >= 11 is 0. The number of nitrogens with zero attached hydrogens (tertiary/aromatic N) is 2. The average molecular weight is 388 g/mol. The van der Waals surface area contributed by atoms with E-state index in [2.05, 4.69) is 0 Å². The molecule has 2 aliphatic heterocycles. The summed E-state index contributed by atoms with van der Waals surface area (Å²) in [5, 5.41) is 0. The van der Waals surface area contributed by atoms with Gasteiger partial charge in [0.15, 0.2) is 0 Å². The number of benzene rings is 1. The summed E-state index contributed by atoms with van der Waals surface area (Å²) in [7, 11) is 0. The molecule has 1 aromatic carbocycles. The molecule has 2 fully saturated rings. The standard InChI is InChI=1S/C18H17F5N2O2/c1-11-4-12(6-14(5-11)18(21,22)23)13-7-16(27)24(8-13)3-2-15(26)25-9-17(19,20)10-25/h2-6,13H,7-10H2,1H3/b3-2+. The fourth-order valence-corrected chi connectivity index (χ4v) is 3.24. The molecule has 0 N–H and O–H groups in total. The minimum Gasteiger partial charge on any atom is -0.327 e. The number of halogens is 5. The molecular formula is C18H17F5N2O2. The molecule has 2 heterocycles. The zero-order valence-electron chi connectivity index (χ0n) is 14.4. The van der Waals surface area contributed by atoms with Crippen LogP contribution in [0.15, 0.2) is 30.5 Å². The van der Waals surface area contributed by atoms with Crippen LogP contribution >= 0.6 is 0 Å². The lowest BCUT2D eigenvalue weighted by atomic mass is 9.94. The molecule has 0 saturated carbocycles. The Morgan fingerprint density at radius 3 is 2.48 bits per heavy atom. The molecule has 0 aromatic heterocycles. The Bertz CT molecular complexity index is 795. The van der Waals surface area contributed by atoms with Crippen LogP contribution in [-0.2, 0) is 15.8 Å². The molecule has 2 aliphatic rings. The lowest BCUT2D eigenvalue weighted by molar-refractivity contribution is -0.160. The van der Waals surface area contributed by atoms with E-state index in [1.54, 1.807) is 13.0 Å². The van der Waals surface area contributed by atoms with Crippen LogP contribution in [-0.4, -0.2) is 47.2 Å². The molecule has 146 valence electrons. The molecule has 3 rings (SSSR count). The van der Waals surface area contributed by atoms with E-state index in [-0.39, 0.29) is 18.9 Å². The molecular weight excluding hydrogens is 371 g/mol. The Labute approximate surface area is 152 Å². The van der Waals surface area contributed by atoms with Crippen molar-refractivity contribution in [2.75, 3.05) is 19.6 Å². The van der Waals surface area contributed by atoms with Crippen molar-refractivity contribution >= 4 is 11.8 Å². The van der Waals surface area contributed by atoms with Crippen molar-refractivity contribution in [3.05, 3.63) is 47.2 Å². The van der Waals surface area contributed by atoms with Crippen LogP contribution in [0.25, 0.3) is 0 Å². The van der Waals surface area contributed by atoms with Gasteiger partial charge >= 0.3 is 6.18 Å². The minimum absolute atomic E-state index is 0.0149. The Hall–Kier alpha value is -2.45. The molecule has 4 nitrogen and oxygen atoms in total. The maximum absolute atomic E-state index is 13.0. The van der Waals surface area contributed by atoms with Crippen LogP contribution in [0.3, 0.4) is 0 Å². The van der Waals surface area contributed by atoms with Crippen LogP contribution in [0.4, 0.5) is 22.0 Å². The first-order valence-electron chi connectivity index (χ1n) is 8.28. The fraction of sp³-hybridized carbons (Fsp3) is 0.444. The van der Waals surface area contributed by atoms with E-state index >= 15 is 0 Å². The Morgan fingerprint density at radius 1 is 1.22 bits per heavy atom. The molecule has 1 atom stereocenters. The monoisotopic (exact) mass is 388 g/mol. The predicted octanol–water partition coefficient (Wildman–Crippen LogP) is 3.32. The van der Waals surface area contributed by atoms with Crippen LogP contribution in [0.2, 0.25) is 0 Å². The molecule has 0 bridgehead atoms. The molecule has 1 unspecified atom stereocenters. The smallest absolute Gasteiger partial charge is 0.327 e. The van der Waals surface area contributed by atoms with Gasteiger partial charge in [0.25, 0.3) is 5.92 Å². The fourth-order valence-electron chi connectivity index (χ4n) is 3.24. The molecule has 2 saturated heterocycles. The van der Waals surface area contributed by atoms with Crippen molar-refractivity contribution in [1.82, 2.24) is 9.80 Å². The van der Waals surface area contributed by atoms with Gasteiger partial charge in [0.2, 0.25) is 11.8 Å². The van der Waals surface area contributed by atoms with Gasteiger partial charge in [0.1, 0.15) is 0 Å². The molecule has 0 radical (unpaired) electrons. The van der Waals surface area contributed by atoms with Gasteiger partial charge in [0, 0.05) is 31.2 Å². The van der Waals surface area contributed by atoms with Gasteiger partial charge in [-0.25, -0.2) is 8.78 Å². The predicted molar refractivity (Wildman–Crippen MR) is 85.9 cm³/mol. The summed E-state index contributed by atoms with van der Waals surface area (Å²) in [6.07, 6.45) is -2.22. The van der Waals surface area contributed by atoms with Crippen LogP contribution in [0, 0.1) is 6.92 Å². The third-order valence-corrected chi connectivity index (χ3v) is 4.61. The zero-order valence-corrected chi connectivity index (χ0v) is 14.4. The highest BCUT2D eigenvalue weighted by Gasteiger charge is 2.45. The highest BCUT2D eigenvalue weighted by molar-refractivity contribution is 5.89. The van der Waals surface area contributed by atoms with Gasteiger partial charge in [-0.2, -0.15) is 13.2 Å². The summed E-state index contributed by atoms with van der Waals surface area (Å²) in [6, 6.07) is 3.68. The van der Waals surface area contributed by atoms with Crippen molar-refractivity contribution in [2.45, 2.75) is 31.4 Å². The highest BCUT2D eigenvalue weighted by atomic mass is 19.4. The van der Waals surface area contributed by atoms with Crippen LogP contribution < -0.4 is 0 Å². The van der Waals surface area contributed by atoms with E-state index in [9.17, 15) is 31.5 Å². The SMILES string of the molecule is Cc1cc(C2CC(=O)N(/C=C/C(=O)N3CC(F)(F)C3)C2)cc(C(F)(F)F)c1. The third kappa shape index (κ3) is 4.28. The lowest BCUT2D eigenvalue weighted by Crippen LogP contribution is -2.58. The summed E-state index contributed by atoms with van der Waals surface area (Å²) < 4.78 is 64.5. The quantitative estimate of drug-likeness (QED) is 0.589. The topological polar surface area (TPSA) is 40.6 Å². The molecule has 0 spiro atoms. The van der Waals surface area contributed by atoms with Gasteiger partial charge in [-0.3, -0.25) is 9.59 Å². The molecule has 1 aromatic rings. The van der Waals surface area contributed by atoms with E-state index in [1.165, 1.54) is 11.1 Å². The van der Waals surface area contributed by atoms with Crippen molar-refractivity contribution < 1.29 is 31.5 Å².